The molecule has 38 heavy (non-hydrogen) atoms. The minimum absolute atomic E-state index is 0.0212. The number of nitrogens with one attached hydrogen (secondary N) is 2. The largest absolute Gasteiger partial charge is 0.467 e. The molecule has 0 saturated carbocycles. The number of benzene rings is 2. The Bertz CT molecular complexity index is 1430. The lowest BCUT2D eigenvalue weighted by molar-refractivity contribution is -0.383. The van der Waals surface area contributed by atoms with Crippen LogP contribution >= 0.6 is 0 Å². The van der Waals surface area contributed by atoms with E-state index in [1.165, 1.54) is 11.2 Å². The molecule has 1 amide bonds. The predicted octanol–water partition coefficient (Wildman–Crippen LogP) is 4.14. The van der Waals surface area contributed by atoms with Crippen molar-refractivity contribution in [3.63, 3.8) is 0 Å². The Labute approximate surface area is 217 Å². The lowest BCUT2D eigenvalue weighted by Crippen LogP contribution is -2.28. The molecule has 0 radical (unpaired) electrons. The number of aromatic nitrogens is 2. The second kappa shape index (κ2) is 12.3. The van der Waals surface area contributed by atoms with Crippen molar-refractivity contribution in [3.8, 4) is 0 Å². The molecule has 0 unspecified atom stereocenters. The van der Waals surface area contributed by atoms with Gasteiger partial charge in [-0.3, -0.25) is 19.7 Å². The summed E-state index contributed by atoms with van der Waals surface area (Å²) in [6, 6.07) is 16.7. The number of nitro groups is 1. The summed E-state index contributed by atoms with van der Waals surface area (Å²) in [5.74, 6) is -0.495. The van der Waals surface area contributed by atoms with Crippen molar-refractivity contribution in [2.75, 3.05) is 35.2 Å². The normalized spacial score (nSPS) is 10.7. The van der Waals surface area contributed by atoms with Crippen LogP contribution in [0.1, 0.15) is 19.1 Å². The van der Waals surface area contributed by atoms with Crippen LogP contribution in [0.5, 0.6) is 0 Å². The van der Waals surface area contributed by atoms with E-state index in [0.29, 0.717) is 11.4 Å². The summed E-state index contributed by atoms with van der Waals surface area (Å²) < 4.78 is 10.4. The van der Waals surface area contributed by atoms with Gasteiger partial charge in [0.15, 0.2) is 0 Å². The third-order valence-electron chi connectivity index (χ3n) is 5.55. The Morgan fingerprint density at radius 3 is 2.66 bits per heavy atom. The van der Waals surface area contributed by atoms with Crippen molar-refractivity contribution in [1.29, 1.82) is 0 Å². The van der Waals surface area contributed by atoms with E-state index in [1.54, 1.807) is 25.1 Å². The van der Waals surface area contributed by atoms with Gasteiger partial charge >= 0.3 is 11.7 Å². The Hall–Kier alpha value is -5.00. The zero-order valence-electron chi connectivity index (χ0n) is 20.6. The van der Waals surface area contributed by atoms with Gasteiger partial charge in [0, 0.05) is 12.2 Å². The topological polar surface area (TPSA) is 153 Å². The number of furan rings is 1. The van der Waals surface area contributed by atoms with Gasteiger partial charge in [0.1, 0.15) is 12.1 Å². The average Bonchev–Trinajstić information content (AvgIpc) is 3.43. The van der Waals surface area contributed by atoms with E-state index < -0.39 is 22.5 Å². The molecule has 12 heteroatoms. The zero-order valence-corrected chi connectivity index (χ0v) is 20.6. The van der Waals surface area contributed by atoms with Crippen molar-refractivity contribution in [2.24, 2.45) is 0 Å². The molecule has 0 aliphatic rings. The van der Waals surface area contributed by atoms with Crippen LogP contribution in [0.4, 0.5) is 23.0 Å². The molecule has 2 aromatic carbocycles. The average molecular weight is 519 g/mol. The molecule has 12 nitrogen and oxygen atoms in total. The first kappa shape index (κ1) is 26.1. The molecule has 0 fully saturated rings. The molecule has 0 atom stereocenters. The number of anilines is 3. The molecule has 0 aliphatic heterocycles. The number of nitrogens with zero attached hydrogens (tertiary/aromatic N) is 4. The lowest BCUT2D eigenvalue weighted by Gasteiger charge is -2.22. The van der Waals surface area contributed by atoms with Gasteiger partial charge in [-0.15, -0.1) is 0 Å². The third-order valence-corrected chi connectivity index (χ3v) is 5.55. The fourth-order valence-corrected chi connectivity index (χ4v) is 3.84. The van der Waals surface area contributed by atoms with Crippen LogP contribution in [0, 0.1) is 10.1 Å². The highest BCUT2D eigenvalue weighted by molar-refractivity contribution is 5.96. The van der Waals surface area contributed by atoms with Gasteiger partial charge in [-0.05, 0) is 42.0 Å². The van der Waals surface area contributed by atoms with Gasteiger partial charge in [0.2, 0.25) is 17.5 Å². The number of ether oxygens (including phenoxy) is 1. The summed E-state index contributed by atoms with van der Waals surface area (Å²) in [4.78, 5) is 45.7. The predicted molar refractivity (Wildman–Crippen MR) is 141 cm³/mol. The Balaban J connectivity index is 1.51. The summed E-state index contributed by atoms with van der Waals surface area (Å²) in [5.41, 5.74) is 0.165. The molecule has 0 spiro atoms. The maximum absolute atomic E-state index is 12.6. The van der Waals surface area contributed by atoms with E-state index in [9.17, 15) is 19.7 Å². The summed E-state index contributed by atoms with van der Waals surface area (Å²) >= 11 is 0. The van der Waals surface area contributed by atoms with Crippen LogP contribution in [0.15, 0.2) is 71.6 Å². The first-order valence-electron chi connectivity index (χ1n) is 11.9. The molecule has 2 heterocycles. The summed E-state index contributed by atoms with van der Waals surface area (Å²) in [7, 11) is 0. The molecule has 4 rings (SSSR count). The number of hydrogen-bond acceptors (Lipinski definition) is 10. The fourth-order valence-electron chi connectivity index (χ4n) is 3.84. The van der Waals surface area contributed by atoms with E-state index in [-0.39, 0.29) is 44.3 Å². The minimum atomic E-state index is -0.627. The fraction of sp³-hybridized carbons (Fsp3) is 0.231. The van der Waals surface area contributed by atoms with Gasteiger partial charge in [-0.1, -0.05) is 30.3 Å². The molecule has 2 aromatic heterocycles. The Morgan fingerprint density at radius 2 is 1.92 bits per heavy atom. The second-order valence-corrected chi connectivity index (χ2v) is 8.17. The van der Waals surface area contributed by atoms with E-state index in [0.717, 1.165) is 17.1 Å². The SMILES string of the molecule is CCOC(=O)CCN(Cc1ccco1)c1ncnc(NCC(=O)Nc2ccc3ccccc3c2)c1[N+](=O)[O-]. The standard InChI is InChI=1S/C26H26N6O6/c1-2-37-23(34)11-12-31(16-21-8-5-13-38-21)26-24(32(35)36)25(28-17-29-26)27-15-22(33)30-20-10-9-18-6-3-4-7-19(18)14-20/h3-10,13-14,17H,2,11-12,15-16H2,1H3,(H,30,33)(H,27,28,29). The first-order chi connectivity index (χ1) is 18.4. The maximum atomic E-state index is 12.6. The Morgan fingerprint density at radius 1 is 1.11 bits per heavy atom. The van der Waals surface area contributed by atoms with Crippen molar-refractivity contribution < 1.29 is 23.7 Å². The van der Waals surface area contributed by atoms with Gasteiger partial charge in [0.25, 0.3) is 0 Å². The summed E-state index contributed by atoms with van der Waals surface area (Å²) in [5, 5.41) is 19.6. The van der Waals surface area contributed by atoms with Crippen LogP contribution in [-0.4, -0.2) is 46.5 Å². The number of hydrogen-bond donors (Lipinski definition) is 2. The van der Waals surface area contributed by atoms with Crippen LogP contribution in [0.2, 0.25) is 0 Å². The lowest BCUT2D eigenvalue weighted by atomic mass is 10.1. The number of rotatable bonds is 12. The van der Waals surface area contributed by atoms with E-state index in [1.807, 2.05) is 36.4 Å². The molecular weight excluding hydrogens is 492 g/mol. The molecule has 0 saturated heterocycles. The summed E-state index contributed by atoms with van der Waals surface area (Å²) in [6.07, 6.45) is 2.62. The zero-order chi connectivity index (χ0) is 26.9. The maximum Gasteiger partial charge on any atom is 0.353 e. The second-order valence-electron chi connectivity index (χ2n) is 8.17. The van der Waals surface area contributed by atoms with Gasteiger partial charge < -0.3 is 24.7 Å². The quantitative estimate of drug-likeness (QED) is 0.159. The van der Waals surface area contributed by atoms with Crippen molar-refractivity contribution in [2.45, 2.75) is 19.9 Å². The monoisotopic (exact) mass is 518 g/mol. The highest BCUT2D eigenvalue weighted by atomic mass is 16.6. The van der Waals surface area contributed by atoms with Crippen LogP contribution in [0.25, 0.3) is 10.8 Å². The Kier molecular flexibility index (Phi) is 8.44. The van der Waals surface area contributed by atoms with Crippen LogP contribution in [0.3, 0.4) is 0 Å². The van der Waals surface area contributed by atoms with E-state index >= 15 is 0 Å². The van der Waals surface area contributed by atoms with E-state index in [2.05, 4.69) is 20.6 Å². The van der Waals surface area contributed by atoms with Gasteiger partial charge in [-0.2, -0.15) is 0 Å². The van der Waals surface area contributed by atoms with E-state index in [4.69, 9.17) is 9.15 Å². The molecular formula is C26H26N6O6. The van der Waals surface area contributed by atoms with Gasteiger partial charge in [-0.25, -0.2) is 9.97 Å². The highest BCUT2D eigenvalue weighted by Gasteiger charge is 2.28. The van der Waals surface area contributed by atoms with Crippen LogP contribution < -0.4 is 15.5 Å². The molecule has 0 bridgehead atoms. The molecule has 0 aliphatic carbocycles. The third kappa shape index (κ3) is 6.60. The number of carbonyl (C=O) groups excluding carboxylic acids is 2. The summed E-state index contributed by atoms with van der Waals surface area (Å²) in [6.45, 7) is 1.85. The molecule has 2 N–H and O–H groups in total. The molecule has 4 aromatic rings. The van der Waals surface area contributed by atoms with Gasteiger partial charge in [0.05, 0.1) is 37.3 Å². The first-order valence-corrected chi connectivity index (χ1v) is 11.9. The highest BCUT2D eigenvalue weighted by Crippen LogP contribution is 2.33. The number of fused-ring (bicyclic) bond motifs is 1. The van der Waals surface area contributed by atoms with Crippen molar-refractivity contribution in [1.82, 2.24) is 9.97 Å². The number of carbonyl (C=O) groups is 2. The van der Waals surface area contributed by atoms with Crippen molar-refractivity contribution in [3.05, 3.63) is 83.1 Å². The smallest absolute Gasteiger partial charge is 0.353 e. The number of amides is 1. The van der Waals surface area contributed by atoms with Crippen molar-refractivity contribution >= 4 is 45.7 Å². The number of esters is 1. The molecule has 196 valence electrons. The minimum Gasteiger partial charge on any atom is -0.467 e. The van der Waals surface area contributed by atoms with Crippen LogP contribution in [-0.2, 0) is 20.9 Å².